The first-order chi connectivity index (χ1) is 9.54. The fraction of sp³-hybridized carbons (Fsp3) is 0.429. The molecule has 0 radical (unpaired) electrons. The van der Waals surface area contributed by atoms with Gasteiger partial charge in [-0.2, -0.15) is 0 Å². The molecular weight excluding hydrogens is 322 g/mol. The van der Waals surface area contributed by atoms with E-state index in [0.29, 0.717) is 25.9 Å². The number of amides is 3. The number of rotatable bonds is 4. The molecule has 0 saturated carbocycles. The van der Waals surface area contributed by atoms with Crippen LogP contribution < -0.4 is 11.1 Å². The van der Waals surface area contributed by atoms with E-state index in [1.807, 2.05) is 24.3 Å². The van der Waals surface area contributed by atoms with Gasteiger partial charge in [-0.25, -0.2) is 4.79 Å². The third-order valence-corrected chi connectivity index (χ3v) is 3.95. The van der Waals surface area contributed by atoms with Gasteiger partial charge < -0.3 is 16.0 Å². The number of aryl methyl sites for hydroxylation is 1. The first-order valence-corrected chi connectivity index (χ1v) is 7.42. The maximum absolute atomic E-state index is 11.9. The van der Waals surface area contributed by atoms with Crippen molar-refractivity contribution in [3.63, 3.8) is 0 Å². The summed E-state index contributed by atoms with van der Waals surface area (Å²) in [7, 11) is 0. The summed E-state index contributed by atoms with van der Waals surface area (Å²) in [4.78, 5) is 24.4. The van der Waals surface area contributed by atoms with Gasteiger partial charge in [-0.3, -0.25) is 4.79 Å². The van der Waals surface area contributed by atoms with Gasteiger partial charge >= 0.3 is 6.03 Å². The summed E-state index contributed by atoms with van der Waals surface area (Å²) in [5, 5.41) is 2.95. The Kier molecular flexibility index (Phi) is 5.00. The number of hydrogen-bond acceptors (Lipinski definition) is 2. The number of nitrogens with two attached hydrogens (primary N) is 1. The predicted octanol–water partition coefficient (Wildman–Crippen LogP) is 1.65. The van der Waals surface area contributed by atoms with Crippen molar-refractivity contribution in [2.45, 2.75) is 25.3 Å². The summed E-state index contributed by atoms with van der Waals surface area (Å²) < 4.78 is 1.03. The lowest BCUT2D eigenvalue weighted by Crippen LogP contribution is -2.40. The lowest BCUT2D eigenvalue weighted by molar-refractivity contribution is -0.121. The molecule has 1 saturated heterocycles. The molecule has 1 aliphatic rings. The van der Waals surface area contributed by atoms with Crippen molar-refractivity contribution in [3.8, 4) is 0 Å². The first kappa shape index (κ1) is 14.8. The molecule has 5 nitrogen and oxygen atoms in total. The lowest BCUT2D eigenvalue weighted by atomic mass is 10.1. The van der Waals surface area contributed by atoms with Gasteiger partial charge in [0.25, 0.3) is 0 Å². The Balaban J connectivity index is 1.73. The average molecular weight is 340 g/mol. The van der Waals surface area contributed by atoms with Gasteiger partial charge in [0, 0.05) is 30.0 Å². The Bertz CT molecular complexity index is 490. The van der Waals surface area contributed by atoms with Crippen LogP contribution in [0.5, 0.6) is 0 Å². The number of primary amides is 1. The fourth-order valence-electron chi connectivity index (χ4n) is 2.29. The van der Waals surface area contributed by atoms with Crippen molar-refractivity contribution in [2.24, 2.45) is 5.73 Å². The summed E-state index contributed by atoms with van der Waals surface area (Å²) in [6, 6.07) is 7.55. The largest absolute Gasteiger partial charge is 0.352 e. The molecule has 0 unspecified atom stereocenters. The van der Waals surface area contributed by atoms with E-state index in [0.717, 1.165) is 16.5 Å². The van der Waals surface area contributed by atoms with Crippen molar-refractivity contribution < 1.29 is 9.59 Å². The lowest BCUT2D eigenvalue weighted by Gasteiger charge is -2.14. The van der Waals surface area contributed by atoms with Crippen LogP contribution in [0.4, 0.5) is 4.79 Å². The van der Waals surface area contributed by atoms with Crippen LogP contribution in [-0.4, -0.2) is 36.0 Å². The molecule has 0 aliphatic carbocycles. The van der Waals surface area contributed by atoms with Crippen LogP contribution >= 0.6 is 15.9 Å². The van der Waals surface area contributed by atoms with E-state index in [1.165, 1.54) is 0 Å². The number of likely N-dealkylation sites (tertiary alicyclic amines) is 1. The van der Waals surface area contributed by atoms with Crippen molar-refractivity contribution in [1.82, 2.24) is 10.2 Å². The van der Waals surface area contributed by atoms with E-state index >= 15 is 0 Å². The molecule has 1 aliphatic heterocycles. The molecule has 0 bridgehead atoms. The molecule has 0 aromatic heterocycles. The van der Waals surface area contributed by atoms with Gasteiger partial charge in [-0.1, -0.05) is 28.1 Å². The summed E-state index contributed by atoms with van der Waals surface area (Å²) in [5.74, 6) is 0.0178. The second-order valence-corrected chi connectivity index (χ2v) is 5.88. The van der Waals surface area contributed by atoms with Gasteiger partial charge in [0.2, 0.25) is 5.91 Å². The second kappa shape index (κ2) is 6.74. The van der Waals surface area contributed by atoms with Crippen LogP contribution in [0.3, 0.4) is 0 Å². The molecule has 1 aromatic rings. The normalized spacial score (nSPS) is 18.1. The summed E-state index contributed by atoms with van der Waals surface area (Å²) in [6.45, 7) is 1.13. The maximum Gasteiger partial charge on any atom is 0.314 e. The Hall–Kier alpha value is -1.56. The minimum Gasteiger partial charge on any atom is -0.352 e. The number of hydrogen-bond donors (Lipinski definition) is 2. The molecule has 2 rings (SSSR count). The Morgan fingerprint density at radius 1 is 1.35 bits per heavy atom. The number of benzene rings is 1. The maximum atomic E-state index is 11.9. The van der Waals surface area contributed by atoms with Gasteiger partial charge in [0.1, 0.15) is 0 Å². The molecule has 6 heteroatoms. The molecule has 1 heterocycles. The smallest absolute Gasteiger partial charge is 0.314 e. The van der Waals surface area contributed by atoms with Gasteiger partial charge in [-0.15, -0.1) is 0 Å². The summed E-state index contributed by atoms with van der Waals surface area (Å²) >= 11 is 3.38. The van der Waals surface area contributed by atoms with Gasteiger partial charge in [0.05, 0.1) is 0 Å². The van der Waals surface area contributed by atoms with E-state index in [4.69, 9.17) is 5.73 Å². The standard InChI is InChI=1S/C14H18BrN3O2/c15-11-4-1-10(2-5-11)3-6-13(19)17-12-7-8-18(9-12)14(16)20/h1-2,4-5,12H,3,6-9H2,(H2,16,20)(H,17,19)/t12-/m0/s1. The molecule has 3 N–H and O–H groups in total. The molecule has 1 fully saturated rings. The summed E-state index contributed by atoms with van der Waals surface area (Å²) in [6.07, 6.45) is 1.94. The summed E-state index contributed by atoms with van der Waals surface area (Å²) in [5.41, 5.74) is 6.34. The average Bonchev–Trinajstić information content (AvgIpc) is 2.87. The number of carbonyl (C=O) groups excluding carboxylic acids is 2. The highest BCUT2D eigenvalue weighted by atomic mass is 79.9. The van der Waals surface area contributed by atoms with Crippen LogP contribution in [0.1, 0.15) is 18.4 Å². The van der Waals surface area contributed by atoms with Gasteiger partial charge in [-0.05, 0) is 30.5 Å². The molecular formula is C14H18BrN3O2. The minimum absolute atomic E-state index is 0.0178. The fourth-order valence-corrected chi connectivity index (χ4v) is 2.55. The van der Waals surface area contributed by atoms with E-state index in [9.17, 15) is 9.59 Å². The zero-order chi connectivity index (χ0) is 14.5. The molecule has 1 atom stereocenters. The zero-order valence-electron chi connectivity index (χ0n) is 11.1. The van der Waals surface area contributed by atoms with Crippen molar-refractivity contribution >= 4 is 27.9 Å². The zero-order valence-corrected chi connectivity index (χ0v) is 12.7. The van der Waals surface area contributed by atoms with Crippen LogP contribution in [0.2, 0.25) is 0 Å². The van der Waals surface area contributed by atoms with Crippen LogP contribution in [0, 0.1) is 0 Å². The Morgan fingerprint density at radius 3 is 2.65 bits per heavy atom. The van der Waals surface area contributed by atoms with Crippen molar-refractivity contribution in [3.05, 3.63) is 34.3 Å². The predicted molar refractivity (Wildman–Crippen MR) is 80.2 cm³/mol. The third kappa shape index (κ3) is 4.23. The molecule has 20 heavy (non-hydrogen) atoms. The van der Waals surface area contributed by atoms with Crippen molar-refractivity contribution in [2.75, 3.05) is 13.1 Å². The monoisotopic (exact) mass is 339 g/mol. The van der Waals surface area contributed by atoms with Crippen LogP contribution in [-0.2, 0) is 11.2 Å². The highest BCUT2D eigenvalue weighted by Crippen LogP contribution is 2.12. The van der Waals surface area contributed by atoms with E-state index in [1.54, 1.807) is 4.90 Å². The SMILES string of the molecule is NC(=O)N1CC[C@H](NC(=O)CCc2ccc(Br)cc2)C1. The highest BCUT2D eigenvalue weighted by Gasteiger charge is 2.25. The third-order valence-electron chi connectivity index (χ3n) is 3.42. The molecule has 0 spiro atoms. The Morgan fingerprint density at radius 2 is 2.05 bits per heavy atom. The van der Waals surface area contributed by atoms with Crippen LogP contribution in [0.25, 0.3) is 0 Å². The number of nitrogens with zero attached hydrogens (tertiary/aromatic N) is 1. The topological polar surface area (TPSA) is 75.4 Å². The van der Waals surface area contributed by atoms with Gasteiger partial charge in [0.15, 0.2) is 0 Å². The highest BCUT2D eigenvalue weighted by molar-refractivity contribution is 9.10. The molecule has 3 amide bonds. The number of halogens is 1. The number of nitrogens with one attached hydrogen (secondary N) is 1. The number of urea groups is 1. The first-order valence-electron chi connectivity index (χ1n) is 6.63. The number of carbonyl (C=O) groups is 2. The van der Waals surface area contributed by atoms with E-state index in [-0.39, 0.29) is 11.9 Å². The molecule has 108 valence electrons. The van der Waals surface area contributed by atoms with E-state index in [2.05, 4.69) is 21.2 Å². The molecule has 1 aromatic carbocycles. The second-order valence-electron chi connectivity index (χ2n) is 4.96. The van der Waals surface area contributed by atoms with Crippen LogP contribution in [0.15, 0.2) is 28.7 Å². The quantitative estimate of drug-likeness (QED) is 0.875. The Labute approximate surface area is 126 Å². The minimum atomic E-state index is -0.420. The van der Waals surface area contributed by atoms with E-state index < -0.39 is 6.03 Å². The van der Waals surface area contributed by atoms with Crippen molar-refractivity contribution in [1.29, 1.82) is 0 Å².